The molecule has 0 bridgehead atoms. The average Bonchev–Trinajstić information content (AvgIpc) is 2.91. The maximum Gasteiger partial charge on any atom is 0.252 e. The number of anilines is 1. The minimum atomic E-state index is -0.0797. The molecule has 39 heavy (non-hydrogen) atoms. The first-order chi connectivity index (χ1) is 18.9. The van der Waals surface area contributed by atoms with Crippen LogP contribution in [0.1, 0.15) is 35.1 Å². The Hall–Kier alpha value is -3.19. The van der Waals surface area contributed by atoms with Crippen LogP contribution < -0.4 is 4.90 Å². The second-order valence-corrected chi connectivity index (χ2v) is 10.6. The number of fused-ring (bicyclic) bond motifs is 1. The molecule has 0 saturated heterocycles. The van der Waals surface area contributed by atoms with E-state index >= 15 is 0 Å². The van der Waals surface area contributed by atoms with Gasteiger partial charge in [-0.3, -0.25) is 14.5 Å². The maximum atomic E-state index is 13.6. The number of amides is 2. The summed E-state index contributed by atoms with van der Waals surface area (Å²) in [6, 6.07) is 24.0. The van der Waals surface area contributed by atoms with Gasteiger partial charge in [0.15, 0.2) is 0 Å². The third-order valence-electron chi connectivity index (χ3n) is 7.08. The fraction of sp³-hybridized carbons (Fsp3) is 0.375. The van der Waals surface area contributed by atoms with Gasteiger partial charge in [-0.1, -0.05) is 71.8 Å². The Morgan fingerprint density at radius 2 is 1.59 bits per heavy atom. The van der Waals surface area contributed by atoms with Crippen molar-refractivity contribution in [2.24, 2.45) is 0 Å². The van der Waals surface area contributed by atoms with Crippen LogP contribution in [0.3, 0.4) is 0 Å². The van der Waals surface area contributed by atoms with Gasteiger partial charge in [0.1, 0.15) is 6.61 Å². The van der Waals surface area contributed by atoms with Crippen LogP contribution in [0.4, 0.5) is 5.69 Å². The van der Waals surface area contributed by atoms with Crippen molar-refractivity contribution in [2.45, 2.75) is 39.3 Å². The Morgan fingerprint density at radius 3 is 2.33 bits per heavy atom. The predicted molar refractivity (Wildman–Crippen MR) is 157 cm³/mol. The third kappa shape index (κ3) is 8.40. The Balaban J connectivity index is 1.61. The lowest BCUT2D eigenvalue weighted by Crippen LogP contribution is -2.40. The summed E-state index contributed by atoms with van der Waals surface area (Å²) in [5.41, 5.74) is 5.16. The molecule has 4 rings (SSSR count). The number of para-hydroxylation sites is 1. The first kappa shape index (κ1) is 28.8. The van der Waals surface area contributed by atoms with Crippen molar-refractivity contribution in [3.8, 4) is 0 Å². The molecule has 0 aromatic heterocycles. The van der Waals surface area contributed by atoms with Crippen LogP contribution in [0.5, 0.6) is 0 Å². The van der Waals surface area contributed by atoms with Crippen LogP contribution in [-0.4, -0.2) is 61.5 Å². The number of ether oxygens (including phenoxy) is 1. The molecule has 0 unspecified atom stereocenters. The summed E-state index contributed by atoms with van der Waals surface area (Å²) in [4.78, 5) is 33.0. The predicted octanol–water partition coefficient (Wildman–Crippen LogP) is 5.50. The first-order valence-corrected chi connectivity index (χ1v) is 14.0. The zero-order valence-electron chi connectivity index (χ0n) is 22.9. The summed E-state index contributed by atoms with van der Waals surface area (Å²) in [5.74, 6) is 0.00961. The molecule has 1 aliphatic heterocycles. The lowest BCUT2D eigenvalue weighted by molar-refractivity contribution is -0.131. The zero-order valence-corrected chi connectivity index (χ0v) is 23.7. The summed E-state index contributed by atoms with van der Waals surface area (Å²) in [5, 5.41) is 0.723. The van der Waals surface area contributed by atoms with Gasteiger partial charge in [-0.05, 0) is 54.7 Å². The van der Waals surface area contributed by atoms with Gasteiger partial charge in [-0.15, -0.1) is 0 Å². The van der Waals surface area contributed by atoms with Crippen LogP contribution in [0, 0.1) is 6.92 Å². The molecule has 0 N–H and O–H groups in total. The van der Waals surface area contributed by atoms with E-state index in [0.29, 0.717) is 26.1 Å². The Bertz CT molecular complexity index is 1250. The molecule has 0 aliphatic carbocycles. The Morgan fingerprint density at radius 1 is 0.846 bits per heavy atom. The number of carbonyl (C=O) groups excluding carboxylic acids is 2. The molecule has 6 nitrogen and oxygen atoms in total. The highest BCUT2D eigenvalue weighted by molar-refractivity contribution is 6.30. The molecule has 0 radical (unpaired) electrons. The molecule has 3 aromatic rings. The summed E-state index contributed by atoms with van der Waals surface area (Å²) >= 11 is 6.10. The minimum absolute atomic E-state index is 0.0127. The van der Waals surface area contributed by atoms with Gasteiger partial charge in [0.25, 0.3) is 5.91 Å². The molecule has 3 aromatic carbocycles. The maximum absolute atomic E-state index is 13.6. The van der Waals surface area contributed by atoms with Gasteiger partial charge in [-0.25, -0.2) is 0 Å². The van der Waals surface area contributed by atoms with E-state index in [1.165, 1.54) is 5.56 Å². The van der Waals surface area contributed by atoms with Crippen molar-refractivity contribution < 1.29 is 14.3 Å². The van der Waals surface area contributed by atoms with E-state index < -0.39 is 0 Å². The van der Waals surface area contributed by atoms with Crippen molar-refractivity contribution in [3.05, 3.63) is 100 Å². The molecule has 1 aliphatic rings. The third-order valence-corrected chi connectivity index (χ3v) is 7.33. The van der Waals surface area contributed by atoms with Crippen molar-refractivity contribution in [1.29, 1.82) is 0 Å². The van der Waals surface area contributed by atoms with Crippen molar-refractivity contribution in [1.82, 2.24) is 9.80 Å². The highest BCUT2D eigenvalue weighted by atomic mass is 35.5. The largest absolute Gasteiger partial charge is 0.375 e. The number of hydrogen-bond donors (Lipinski definition) is 0. The highest BCUT2D eigenvalue weighted by Gasteiger charge is 2.23. The summed E-state index contributed by atoms with van der Waals surface area (Å²) in [7, 11) is 1.54. The van der Waals surface area contributed by atoms with Crippen LogP contribution in [0.25, 0.3) is 0 Å². The fourth-order valence-electron chi connectivity index (χ4n) is 5.15. The molecule has 206 valence electrons. The summed E-state index contributed by atoms with van der Waals surface area (Å²) < 4.78 is 5.21. The van der Waals surface area contributed by atoms with Crippen molar-refractivity contribution in [2.75, 3.05) is 44.8 Å². The Labute approximate surface area is 237 Å². The second kappa shape index (κ2) is 14.3. The van der Waals surface area contributed by atoms with E-state index in [4.69, 9.17) is 16.3 Å². The first-order valence-electron chi connectivity index (χ1n) is 13.6. The second-order valence-electron chi connectivity index (χ2n) is 10.2. The molecule has 1 heterocycles. The quantitative estimate of drug-likeness (QED) is 0.409. The standard InChI is InChI=1S/C32H38ClN3O3/c1-25-8-5-9-27(20-25)21-31(37)35-18-6-16-34(22-26-12-14-29(33)15-13-26)17-7-19-36(32(38)24-39-2)30-11-4-3-10-28(30)23-35/h3-5,8-15,20H,6-7,16-19,21-24H2,1-2H3. The van der Waals surface area contributed by atoms with Gasteiger partial charge in [-0.2, -0.15) is 0 Å². The van der Waals surface area contributed by atoms with E-state index in [2.05, 4.69) is 23.1 Å². The molecule has 0 fully saturated rings. The average molecular weight is 548 g/mol. The fourth-order valence-corrected chi connectivity index (χ4v) is 5.28. The van der Waals surface area contributed by atoms with Crippen LogP contribution in [-0.2, 0) is 33.8 Å². The van der Waals surface area contributed by atoms with E-state index in [-0.39, 0.29) is 18.4 Å². The number of aryl methyl sites for hydroxylation is 1. The van der Waals surface area contributed by atoms with Gasteiger partial charge in [0.05, 0.1) is 6.42 Å². The lowest BCUT2D eigenvalue weighted by Gasteiger charge is -2.31. The molecular formula is C32H38ClN3O3. The molecule has 7 heteroatoms. The summed E-state index contributed by atoms with van der Waals surface area (Å²) in [6.45, 7) is 6.20. The number of benzene rings is 3. The normalized spacial score (nSPS) is 15.3. The van der Waals surface area contributed by atoms with Crippen LogP contribution in [0.2, 0.25) is 5.02 Å². The number of hydrogen-bond acceptors (Lipinski definition) is 4. The van der Waals surface area contributed by atoms with E-state index in [1.807, 2.05) is 71.3 Å². The number of carbonyl (C=O) groups is 2. The van der Waals surface area contributed by atoms with E-state index in [1.54, 1.807) is 7.11 Å². The molecule has 0 atom stereocenters. The number of nitrogens with zero attached hydrogens (tertiary/aromatic N) is 3. The van der Waals surface area contributed by atoms with Gasteiger partial charge in [0.2, 0.25) is 5.91 Å². The van der Waals surface area contributed by atoms with Gasteiger partial charge in [0, 0.05) is 57.1 Å². The SMILES string of the molecule is COCC(=O)N1CCCN(Cc2ccc(Cl)cc2)CCCN(C(=O)Cc2cccc(C)c2)Cc2ccccc21. The number of rotatable bonds is 6. The molecule has 0 saturated carbocycles. The Kier molecular flexibility index (Phi) is 10.5. The summed E-state index contributed by atoms with van der Waals surface area (Å²) in [6.07, 6.45) is 2.04. The van der Waals surface area contributed by atoms with Gasteiger partial charge < -0.3 is 14.5 Å². The molecule has 0 spiro atoms. The smallest absolute Gasteiger partial charge is 0.252 e. The highest BCUT2D eigenvalue weighted by Crippen LogP contribution is 2.24. The number of halogens is 1. The van der Waals surface area contributed by atoms with E-state index in [9.17, 15) is 9.59 Å². The monoisotopic (exact) mass is 547 g/mol. The van der Waals surface area contributed by atoms with Gasteiger partial charge >= 0.3 is 0 Å². The number of methoxy groups -OCH3 is 1. The van der Waals surface area contributed by atoms with Crippen LogP contribution in [0.15, 0.2) is 72.8 Å². The minimum Gasteiger partial charge on any atom is -0.375 e. The topological polar surface area (TPSA) is 53.1 Å². The molecule has 2 amide bonds. The van der Waals surface area contributed by atoms with Crippen LogP contribution >= 0.6 is 11.6 Å². The van der Waals surface area contributed by atoms with Crippen molar-refractivity contribution in [3.63, 3.8) is 0 Å². The van der Waals surface area contributed by atoms with E-state index in [0.717, 1.165) is 59.9 Å². The lowest BCUT2D eigenvalue weighted by atomic mass is 10.1. The van der Waals surface area contributed by atoms with Crippen molar-refractivity contribution >= 4 is 29.1 Å². The zero-order chi connectivity index (χ0) is 27.6. The molecular weight excluding hydrogens is 510 g/mol.